The molecule has 2 heterocycles. The number of carbonyl (C=O) groups is 1. The molecule has 0 aliphatic heterocycles. The second kappa shape index (κ2) is 5.29. The molecule has 2 aromatic carbocycles. The largest absolute Gasteiger partial charge is 0.357 e. The Balaban J connectivity index is 1.98. The standard InChI is InChI=1S/C20H16N2O/c1-13-11-12-17(21-13)19-18(15-9-5-6-10-16(15)22-19)20(23)14-7-3-2-4-8-14/h2-12,21-22H,1H3. The van der Waals surface area contributed by atoms with Gasteiger partial charge in [-0.2, -0.15) is 0 Å². The third kappa shape index (κ3) is 2.27. The van der Waals surface area contributed by atoms with Crippen LogP contribution in [0, 0.1) is 6.92 Å². The van der Waals surface area contributed by atoms with Crippen LogP contribution in [0.2, 0.25) is 0 Å². The summed E-state index contributed by atoms with van der Waals surface area (Å²) in [7, 11) is 0. The summed E-state index contributed by atoms with van der Waals surface area (Å²) in [6.45, 7) is 2.00. The van der Waals surface area contributed by atoms with Crippen molar-refractivity contribution in [2.24, 2.45) is 0 Å². The van der Waals surface area contributed by atoms with Crippen molar-refractivity contribution < 1.29 is 4.79 Å². The minimum Gasteiger partial charge on any atom is -0.357 e. The number of rotatable bonds is 3. The lowest BCUT2D eigenvalue weighted by molar-refractivity contribution is 0.104. The highest BCUT2D eigenvalue weighted by atomic mass is 16.1. The highest BCUT2D eigenvalue weighted by molar-refractivity contribution is 6.20. The van der Waals surface area contributed by atoms with Gasteiger partial charge >= 0.3 is 0 Å². The maximum atomic E-state index is 13.1. The van der Waals surface area contributed by atoms with Crippen LogP contribution in [0.1, 0.15) is 21.6 Å². The second-order valence-corrected chi connectivity index (χ2v) is 5.67. The van der Waals surface area contributed by atoms with Gasteiger partial charge in [0.25, 0.3) is 0 Å². The number of carbonyl (C=O) groups excluding carboxylic acids is 1. The molecule has 0 saturated carbocycles. The fourth-order valence-corrected chi connectivity index (χ4v) is 2.96. The summed E-state index contributed by atoms with van der Waals surface area (Å²) in [5.74, 6) is 0.0327. The van der Waals surface area contributed by atoms with Gasteiger partial charge in [-0.15, -0.1) is 0 Å². The Kier molecular flexibility index (Phi) is 3.12. The van der Waals surface area contributed by atoms with Gasteiger partial charge in [-0.25, -0.2) is 0 Å². The summed E-state index contributed by atoms with van der Waals surface area (Å²) in [4.78, 5) is 19.8. The van der Waals surface area contributed by atoms with Crippen molar-refractivity contribution in [2.75, 3.05) is 0 Å². The van der Waals surface area contributed by atoms with Crippen LogP contribution in [0.4, 0.5) is 0 Å². The Hall–Kier alpha value is -3.07. The highest BCUT2D eigenvalue weighted by Gasteiger charge is 2.21. The van der Waals surface area contributed by atoms with E-state index in [1.165, 1.54) is 0 Å². The SMILES string of the molecule is Cc1ccc(-c2[nH]c3ccccc3c2C(=O)c2ccccc2)[nH]1. The van der Waals surface area contributed by atoms with Crippen molar-refractivity contribution in [3.8, 4) is 11.4 Å². The van der Waals surface area contributed by atoms with Gasteiger partial charge in [0.1, 0.15) is 0 Å². The summed E-state index contributed by atoms with van der Waals surface area (Å²) >= 11 is 0. The Labute approximate surface area is 134 Å². The lowest BCUT2D eigenvalue weighted by Gasteiger charge is -2.03. The minimum atomic E-state index is 0.0327. The van der Waals surface area contributed by atoms with E-state index in [4.69, 9.17) is 0 Å². The maximum Gasteiger partial charge on any atom is 0.195 e. The lowest BCUT2D eigenvalue weighted by atomic mass is 9.99. The van der Waals surface area contributed by atoms with E-state index in [-0.39, 0.29) is 5.78 Å². The molecule has 0 radical (unpaired) electrons. The number of para-hydroxylation sites is 1. The molecule has 112 valence electrons. The number of aryl methyl sites for hydroxylation is 1. The van der Waals surface area contributed by atoms with Crippen LogP contribution >= 0.6 is 0 Å². The van der Waals surface area contributed by atoms with Crippen LogP contribution in [0.15, 0.2) is 66.7 Å². The molecule has 0 fully saturated rings. The molecule has 4 aromatic rings. The van der Waals surface area contributed by atoms with E-state index in [9.17, 15) is 4.79 Å². The van der Waals surface area contributed by atoms with Crippen LogP contribution in [0.3, 0.4) is 0 Å². The van der Waals surface area contributed by atoms with Gasteiger partial charge in [0.15, 0.2) is 5.78 Å². The predicted octanol–water partition coefficient (Wildman–Crippen LogP) is 4.70. The molecule has 0 amide bonds. The van der Waals surface area contributed by atoms with Gasteiger partial charge in [0, 0.05) is 22.2 Å². The Morgan fingerprint density at radius 3 is 2.30 bits per heavy atom. The first-order valence-electron chi connectivity index (χ1n) is 7.60. The van der Waals surface area contributed by atoms with E-state index < -0.39 is 0 Å². The lowest BCUT2D eigenvalue weighted by Crippen LogP contribution is -2.02. The average Bonchev–Trinajstić information content (AvgIpc) is 3.18. The molecule has 0 saturated heterocycles. The molecule has 0 atom stereocenters. The number of nitrogens with one attached hydrogen (secondary N) is 2. The van der Waals surface area contributed by atoms with Gasteiger partial charge in [0.05, 0.1) is 17.0 Å². The molecule has 2 N–H and O–H groups in total. The van der Waals surface area contributed by atoms with Crippen LogP contribution in [0.25, 0.3) is 22.3 Å². The number of aromatic nitrogens is 2. The van der Waals surface area contributed by atoms with Gasteiger partial charge in [0.2, 0.25) is 0 Å². The van der Waals surface area contributed by atoms with Crippen molar-refractivity contribution in [3.05, 3.63) is 83.6 Å². The molecule has 0 bridgehead atoms. The number of hydrogen-bond donors (Lipinski definition) is 2. The molecule has 2 aromatic heterocycles. The van der Waals surface area contributed by atoms with E-state index >= 15 is 0 Å². The number of hydrogen-bond acceptors (Lipinski definition) is 1. The van der Waals surface area contributed by atoms with E-state index in [1.54, 1.807) is 0 Å². The van der Waals surface area contributed by atoms with Gasteiger partial charge in [-0.05, 0) is 25.1 Å². The highest BCUT2D eigenvalue weighted by Crippen LogP contribution is 2.31. The van der Waals surface area contributed by atoms with Crippen LogP contribution < -0.4 is 0 Å². The summed E-state index contributed by atoms with van der Waals surface area (Å²) in [5, 5.41) is 0.948. The number of H-pyrrole nitrogens is 2. The van der Waals surface area contributed by atoms with E-state index in [1.807, 2.05) is 73.7 Å². The number of benzene rings is 2. The molecule has 3 heteroatoms. The van der Waals surface area contributed by atoms with Crippen molar-refractivity contribution >= 4 is 16.7 Å². The monoisotopic (exact) mass is 300 g/mol. The van der Waals surface area contributed by atoms with E-state index in [0.29, 0.717) is 11.1 Å². The van der Waals surface area contributed by atoms with Crippen molar-refractivity contribution in [1.82, 2.24) is 9.97 Å². The van der Waals surface area contributed by atoms with Crippen molar-refractivity contribution in [3.63, 3.8) is 0 Å². The Morgan fingerprint density at radius 1 is 0.826 bits per heavy atom. The molecule has 4 rings (SSSR count). The normalized spacial score (nSPS) is 11.0. The first kappa shape index (κ1) is 13.6. The number of ketones is 1. The summed E-state index contributed by atoms with van der Waals surface area (Å²) in [5.41, 5.74) is 5.22. The zero-order chi connectivity index (χ0) is 15.8. The topological polar surface area (TPSA) is 48.6 Å². The Morgan fingerprint density at radius 2 is 1.57 bits per heavy atom. The first-order valence-corrected chi connectivity index (χ1v) is 7.60. The van der Waals surface area contributed by atoms with Crippen molar-refractivity contribution in [1.29, 1.82) is 0 Å². The third-order valence-electron chi connectivity index (χ3n) is 4.07. The summed E-state index contributed by atoms with van der Waals surface area (Å²) in [6, 6.07) is 21.3. The fraction of sp³-hybridized carbons (Fsp3) is 0.0500. The van der Waals surface area contributed by atoms with Gasteiger partial charge < -0.3 is 9.97 Å². The molecule has 0 aliphatic carbocycles. The van der Waals surface area contributed by atoms with Crippen LogP contribution in [-0.2, 0) is 0 Å². The summed E-state index contributed by atoms with van der Waals surface area (Å²) in [6.07, 6.45) is 0. The molecular weight excluding hydrogens is 284 g/mol. The zero-order valence-electron chi connectivity index (χ0n) is 12.8. The number of fused-ring (bicyclic) bond motifs is 1. The molecule has 0 aliphatic rings. The zero-order valence-corrected chi connectivity index (χ0v) is 12.8. The minimum absolute atomic E-state index is 0.0327. The number of aromatic amines is 2. The maximum absolute atomic E-state index is 13.1. The van der Waals surface area contributed by atoms with Gasteiger partial charge in [-0.3, -0.25) is 4.79 Å². The third-order valence-corrected chi connectivity index (χ3v) is 4.07. The van der Waals surface area contributed by atoms with Crippen molar-refractivity contribution in [2.45, 2.75) is 6.92 Å². The van der Waals surface area contributed by atoms with E-state index in [0.717, 1.165) is 28.0 Å². The summed E-state index contributed by atoms with van der Waals surface area (Å²) < 4.78 is 0. The van der Waals surface area contributed by atoms with Gasteiger partial charge in [-0.1, -0.05) is 48.5 Å². The molecular formula is C20H16N2O. The smallest absolute Gasteiger partial charge is 0.195 e. The average molecular weight is 300 g/mol. The predicted molar refractivity (Wildman–Crippen MR) is 92.7 cm³/mol. The second-order valence-electron chi connectivity index (χ2n) is 5.67. The molecule has 0 spiro atoms. The fourth-order valence-electron chi connectivity index (χ4n) is 2.96. The Bertz CT molecular complexity index is 993. The molecule has 3 nitrogen and oxygen atoms in total. The van der Waals surface area contributed by atoms with Crippen LogP contribution in [-0.4, -0.2) is 15.8 Å². The first-order chi connectivity index (χ1) is 11.2. The van der Waals surface area contributed by atoms with E-state index in [2.05, 4.69) is 9.97 Å². The quantitative estimate of drug-likeness (QED) is 0.529. The van der Waals surface area contributed by atoms with Crippen LogP contribution in [0.5, 0.6) is 0 Å². The molecule has 23 heavy (non-hydrogen) atoms. The molecule has 0 unspecified atom stereocenters.